The quantitative estimate of drug-likeness (QED) is 0.374. The van der Waals surface area contributed by atoms with Crippen LogP contribution in [0.15, 0.2) is 79.0 Å². The summed E-state index contributed by atoms with van der Waals surface area (Å²) in [5.41, 5.74) is 2.33. The first kappa shape index (κ1) is 21.4. The van der Waals surface area contributed by atoms with Crippen LogP contribution in [-0.2, 0) is 26.3 Å². The third kappa shape index (κ3) is 2.75. The van der Waals surface area contributed by atoms with Crippen molar-refractivity contribution in [1.29, 1.82) is 0 Å². The summed E-state index contributed by atoms with van der Waals surface area (Å²) in [7, 11) is 0. The first-order valence-electron chi connectivity index (χ1n) is 11.9. The zero-order chi connectivity index (χ0) is 24.6. The van der Waals surface area contributed by atoms with Crippen molar-refractivity contribution >= 4 is 51.6 Å². The van der Waals surface area contributed by atoms with E-state index in [2.05, 4.69) is 15.6 Å². The molecule has 3 N–H and O–H groups in total. The fourth-order valence-corrected chi connectivity index (χ4v) is 6.49. The Bertz CT molecular complexity index is 1580. The Hall–Kier alpha value is -3.94. The first-order chi connectivity index (χ1) is 17.5. The standard InChI is InChI=1S/C28H21ClN4O3/c29-16-10-11-21-19(13-16)28(27(36)31-21)24-23(25(34)33(26(24)35)17-6-2-1-3-7-17)22(32-28)12-15-14-30-20-9-5-4-8-18(15)20/h1-11,13-14,22-24,30,32H,12H2,(H,31,36)/t22?,23-,24+,28?/m1/s1. The Morgan fingerprint density at radius 3 is 2.53 bits per heavy atom. The number of amides is 3. The van der Waals surface area contributed by atoms with Crippen LogP contribution in [0.2, 0.25) is 5.02 Å². The largest absolute Gasteiger partial charge is 0.361 e. The van der Waals surface area contributed by atoms with Gasteiger partial charge in [-0.1, -0.05) is 48.0 Å². The molecule has 3 aliphatic rings. The number of para-hydroxylation sites is 2. The maximum Gasteiger partial charge on any atom is 0.250 e. The van der Waals surface area contributed by atoms with Crippen molar-refractivity contribution in [2.24, 2.45) is 11.8 Å². The van der Waals surface area contributed by atoms with Gasteiger partial charge in [-0.05, 0) is 48.4 Å². The van der Waals surface area contributed by atoms with Gasteiger partial charge in [0.2, 0.25) is 17.7 Å². The van der Waals surface area contributed by atoms with E-state index in [4.69, 9.17) is 11.6 Å². The van der Waals surface area contributed by atoms with Crippen LogP contribution in [0.25, 0.3) is 10.9 Å². The summed E-state index contributed by atoms with van der Waals surface area (Å²) in [6.07, 6.45) is 2.40. The monoisotopic (exact) mass is 496 g/mol. The van der Waals surface area contributed by atoms with Gasteiger partial charge in [0.25, 0.3) is 0 Å². The van der Waals surface area contributed by atoms with Crippen LogP contribution in [0, 0.1) is 11.8 Å². The van der Waals surface area contributed by atoms with Gasteiger partial charge in [0.15, 0.2) is 0 Å². The Balaban J connectivity index is 1.39. The summed E-state index contributed by atoms with van der Waals surface area (Å²) in [4.78, 5) is 46.1. The number of imide groups is 1. The number of aromatic nitrogens is 1. The molecule has 0 aliphatic carbocycles. The molecule has 2 unspecified atom stereocenters. The molecule has 4 atom stereocenters. The number of aromatic amines is 1. The lowest BCUT2D eigenvalue weighted by Crippen LogP contribution is -2.53. The number of benzene rings is 3. The average molecular weight is 497 g/mol. The predicted molar refractivity (Wildman–Crippen MR) is 137 cm³/mol. The molecule has 3 aliphatic heterocycles. The van der Waals surface area contributed by atoms with Gasteiger partial charge in [0.05, 0.1) is 17.5 Å². The topological polar surface area (TPSA) is 94.3 Å². The zero-order valence-corrected chi connectivity index (χ0v) is 19.8. The van der Waals surface area contributed by atoms with Gasteiger partial charge in [0, 0.05) is 39.4 Å². The third-order valence-electron chi connectivity index (χ3n) is 7.81. The van der Waals surface area contributed by atoms with Crippen LogP contribution in [0.4, 0.5) is 11.4 Å². The highest BCUT2D eigenvalue weighted by molar-refractivity contribution is 6.31. The van der Waals surface area contributed by atoms with Gasteiger partial charge in [-0.15, -0.1) is 0 Å². The molecule has 1 spiro atoms. The highest BCUT2D eigenvalue weighted by Gasteiger charge is 2.70. The Labute approximate surface area is 211 Å². The van der Waals surface area contributed by atoms with Crippen LogP contribution in [-0.4, -0.2) is 28.7 Å². The minimum Gasteiger partial charge on any atom is -0.361 e. The van der Waals surface area contributed by atoms with Crippen LogP contribution in [0.5, 0.6) is 0 Å². The molecule has 4 heterocycles. The van der Waals surface area contributed by atoms with E-state index in [1.807, 2.05) is 36.5 Å². The summed E-state index contributed by atoms with van der Waals surface area (Å²) in [5.74, 6) is -2.64. The molecule has 2 fully saturated rings. The van der Waals surface area contributed by atoms with E-state index in [0.29, 0.717) is 28.4 Å². The number of carbonyl (C=O) groups excluding carboxylic acids is 3. The van der Waals surface area contributed by atoms with Gasteiger partial charge in [-0.3, -0.25) is 19.7 Å². The van der Waals surface area contributed by atoms with Crippen molar-refractivity contribution in [2.75, 3.05) is 10.2 Å². The molecule has 36 heavy (non-hydrogen) atoms. The Morgan fingerprint density at radius 2 is 1.69 bits per heavy atom. The highest BCUT2D eigenvalue weighted by Crippen LogP contribution is 2.54. The van der Waals surface area contributed by atoms with E-state index in [1.54, 1.807) is 42.5 Å². The molecule has 4 aromatic rings. The number of rotatable bonds is 3. The Morgan fingerprint density at radius 1 is 0.917 bits per heavy atom. The molecule has 1 aromatic heterocycles. The molecule has 0 saturated carbocycles. The van der Waals surface area contributed by atoms with E-state index < -0.39 is 23.4 Å². The van der Waals surface area contributed by atoms with Crippen molar-refractivity contribution in [3.05, 3.63) is 95.1 Å². The molecule has 3 aromatic carbocycles. The van der Waals surface area contributed by atoms with E-state index in [-0.39, 0.29) is 17.7 Å². The molecular weight excluding hydrogens is 476 g/mol. The van der Waals surface area contributed by atoms with E-state index in [0.717, 1.165) is 16.5 Å². The second-order valence-corrected chi connectivity index (χ2v) is 10.1. The second kappa shape index (κ2) is 7.53. The summed E-state index contributed by atoms with van der Waals surface area (Å²) in [5, 5.41) is 7.91. The summed E-state index contributed by atoms with van der Waals surface area (Å²) >= 11 is 6.35. The lowest BCUT2D eigenvalue weighted by molar-refractivity contribution is -0.130. The molecular formula is C28H21ClN4O3. The molecule has 7 nitrogen and oxygen atoms in total. The molecule has 8 heteroatoms. The van der Waals surface area contributed by atoms with E-state index in [9.17, 15) is 14.4 Å². The Kier molecular flexibility index (Phi) is 4.46. The second-order valence-electron chi connectivity index (χ2n) is 9.62. The van der Waals surface area contributed by atoms with Crippen LogP contribution in [0.1, 0.15) is 11.1 Å². The predicted octanol–water partition coefficient (Wildman–Crippen LogP) is 3.99. The van der Waals surface area contributed by atoms with Crippen molar-refractivity contribution in [1.82, 2.24) is 10.3 Å². The van der Waals surface area contributed by atoms with Crippen molar-refractivity contribution in [3.8, 4) is 0 Å². The minimum atomic E-state index is -1.39. The highest BCUT2D eigenvalue weighted by atomic mass is 35.5. The lowest BCUT2D eigenvalue weighted by atomic mass is 9.76. The van der Waals surface area contributed by atoms with Crippen molar-refractivity contribution in [2.45, 2.75) is 18.0 Å². The number of nitrogens with one attached hydrogen (secondary N) is 3. The molecule has 7 rings (SSSR count). The first-order valence-corrected chi connectivity index (χ1v) is 12.2. The number of halogens is 1. The lowest BCUT2D eigenvalue weighted by Gasteiger charge is -2.29. The summed E-state index contributed by atoms with van der Waals surface area (Å²) in [6.45, 7) is 0. The van der Waals surface area contributed by atoms with Gasteiger partial charge >= 0.3 is 0 Å². The van der Waals surface area contributed by atoms with Crippen LogP contribution >= 0.6 is 11.6 Å². The number of carbonyl (C=O) groups is 3. The molecule has 0 bridgehead atoms. The molecule has 178 valence electrons. The SMILES string of the molecule is O=C1[C@@H]2C(Cc3c[nH]c4ccccc34)NC3(C(=O)Nc4ccc(Cl)cc43)[C@@H]2C(=O)N1c1ccccc1. The smallest absolute Gasteiger partial charge is 0.250 e. The maximum atomic E-state index is 14.0. The van der Waals surface area contributed by atoms with Gasteiger partial charge < -0.3 is 10.3 Å². The summed E-state index contributed by atoms with van der Waals surface area (Å²) < 4.78 is 0. The number of hydrogen-bond donors (Lipinski definition) is 3. The fourth-order valence-electron chi connectivity index (χ4n) is 6.32. The van der Waals surface area contributed by atoms with Gasteiger partial charge in [0.1, 0.15) is 5.54 Å². The third-order valence-corrected chi connectivity index (χ3v) is 8.04. The van der Waals surface area contributed by atoms with E-state index >= 15 is 0 Å². The van der Waals surface area contributed by atoms with Crippen LogP contribution in [0.3, 0.4) is 0 Å². The fraction of sp³-hybridized carbons (Fsp3) is 0.179. The molecule has 2 saturated heterocycles. The number of H-pyrrole nitrogens is 1. The number of nitrogens with zero attached hydrogens (tertiary/aromatic N) is 1. The van der Waals surface area contributed by atoms with Crippen molar-refractivity contribution in [3.63, 3.8) is 0 Å². The maximum absolute atomic E-state index is 14.0. The van der Waals surface area contributed by atoms with Gasteiger partial charge in [-0.25, -0.2) is 4.90 Å². The number of fused-ring (bicyclic) bond motifs is 5. The summed E-state index contributed by atoms with van der Waals surface area (Å²) in [6, 6.07) is 21.6. The zero-order valence-electron chi connectivity index (χ0n) is 19.0. The number of hydrogen-bond acceptors (Lipinski definition) is 4. The minimum absolute atomic E-state index is 0.298. The normalized spacial score (nSPS) is 26.6. The van der Waals surface area contributed by atoms with Gasteiger partial charge in [-0.2, -0.15) is 0 Å². The molecule has 3 amide bonds. The average Bonchev–Trinajstić information content (AvgIpc) is 3.59. The van der Waals surface area contributed by atoms with Crippen LogP contribution < -0.4 is 15.5 Å². The molecule has 0 radical (unpaired) electrons. The van der Waals surface area contributed by atoms with Crippen molar-refractivity contribution < 1.29 is 14.4 Å². The van der Waals surface area contributed by atoms with E-state index in [1.165, 1.54) is 4.90 Å². The number of anilines is 2.